The van der Waals surface area contributed by atoms with E-state index in [2.05, 4.69) is 29.0 Å². The quantitative estimate of drug-likeness (QED) is 0.586. The lowest BCUT2D eigenvalue weighted by Gasteiger charge is -2.05. The fraction of sp³-hybridized carbons (Fsp3) is 0.188. The average Bonchev–Trinajstić information content (AvgIpc) is 3.14. The highest BCUT2D eigenvalue weighted by Crippen LogP contribution is 2.28. The van der Waals surface area contributed by atoms with E-state index >= 15 is 0 Å². The van der Waals surface area contributed by atoms with Crippen molar-refractivity contribution in [3.8, 4) is 11.5 Å². The summed E-state index contributed by atoms with van der Waals surface area (Å²) in [6.45, 7) is 0. The first kappa shape index (κ1) is 20.5. The monoisotopic (exact) mass is 429 g/mol. The number of rotatable bonds is 4. The largest absolute Gasteiger partial charge is 0.471 e. The van der Waals surface area contributed by atoms with Gasteiger partial charge in [-0.3, -0.25) is 4.79 Å². The molecule has 2 heterocycles. The van der Waals surface area contributed by atoms with Crippen molar-refractivity contribution in [1.29, 1.82) is 0 Å². The van der Waals surface area contributed by atoms with Crippen LogP contribution in [-0.4, -0.2) is 36.5 Å². The average molecular weight is 429 g/mol. The van der Waals surface area contributed by atoms with Gasteiger partial charge in [0.05, 0.1) is 27.9 Å². The first-order chi connectivity index (χ1) is 13.5. The van der Waals surface area contributed by atoms with Crippen LogP contribution >= 0.6 is 0 Å². The predicted molar refractivity (Wildman–Crippen MR) is 91.3 cm³/mol. The van der Waals surface area contributed by atoms with E-state index in [0.29, 0.717) is 0 Å². The molecule has 29 heavy (non-hydrogen) atoms. The lowest BCUT2D eigenvalue weighted by Crippen LogP contribution is -2.09. The Hall–Kier alpha value is -3.22. The molecule has 0 aliphatic rings. The van der Waals surface area contributed by atoms with Crippen molar-refractivity contribution in [3.63, 3.8) is 0 Å². The molecule has 1 unspecified atom stereocenters. The van der Waals surface area contributed by atoms with Crippen LogP contribution < -0.4 is 0 Å². The number of carbonyl (C=O) groups excluding carboxylic acids is 1. The number of halogens is 4. The first-order valence-corrected chi connectivity index (χ1v) is 9.85. The fourth-order valence-electron chi connectivity index (χ4n) is 2.16. The van der Waals surface area contributed by atoms with Gasteiger partial charge < -0.3 is 4.52 Å². The van der Waals surface area contributed by atoms with Gasteiger partial charge in [-0.2, -0.15) is 22.5 Å². The Morgan fingerprint density at radius 2 is 1.93 bits per heavy atom. The van der Waals surface area contributed by atoms with E-state index in [0.717, 1.165) is 12.4 Å². The molecule has 8 nitrogen and oxygen atoms in total. The van der Waals surface area contributed by atoms with Crippen molar-refractivity contribution < 1.29 is 31.1 Å². The summed E-state index contributed by atoms with van der Waals surface area (Å²) >= 11 is 0. The molecule has 0 saturated carbocycles. The van der Waals surface area contributed by atoms with Crippen molar-refractivity contribution in [2.45, 2.75) is 11.9 Å². The molecule has 3 aromatic rings. The third kappa shape index (κ3) is 4.99. The number of hydrogen-bond donors (Lipinski definition) is 0. The number of carbonyl (C=O) groups is 1. The third-order valence-electron chi connectivity index (χ3n) is 3.43. The van der Waals surface area contributed by atoms with Crippen LogP contribution in [0, 0.1) is 5.82 Å². The van der Waals surface area contributed by atoms with E-state index in [-0.39, 0.29) is 22.7 Å². The molecule has 1 atom stereocenters. The Labute approximate surface area is 161 Å². The summed E-state index contributed by atoms with van der Waals surface area (Å²) < 4.78 is 71.3. The van der Waals surface area contributed by atoms with Crippen molar-refractivity contribution in [1.82, 2.24) is 20.1 Å². The number of aromatic nitrogens is 4. The highest BCUT2D eigenvalue weighted by atomic mass is 32.2. The van der Waals surface area contributed by atoms with E-state index in [9.17, 15) is 26.6 Å². The maximum absolute atomic E-state index is 13.7. The Kier molecular flexibility index (Phi) is 5.42. The van der Waals surface area contributed by atoms with Crippen LogP contribution in [0.25, 0.3) is 11.5 Å². The minimum atomic E-state index is -4.81. The minimum absolute atomic E-state index is 0.135. The van der Waals surface area contributed by atoms with Gasteiger partial charge >= 0.3 is 18.0 Å². The van der Waals surface area contributed by atoms with Gasteiger partial charge in [-0.25, -0.2) is 18.6 Å². The molecule has 0 bridgehead atoms. The normalized spacial score (nSPS) is 13.7. The molecule has 0 N–H and O–H groups in total. The summed E-state index contributed by atoms with van der Waals surface area (Å²) in [5.74, 6) is -3.87. The molecule has 0 spiro atoms. The Bertz CT molecular complexity index is 1170. The second-order valence-corrected chi connectivity index (χ2v) is 8.19. The summed E-state index contributed by atoms with van der Waals surface area (Å²) in [4.78, 5) is 22.8. The lowest BCUT2D eigenvalue weighted by molar-refractivity contribution is -0.159. The van der Waals surface area contributed by atoms with Crippen molar-refractivity contribution >= 4 is 15.6 Å². The van der Waals surface area contributed by atoms with Crippen molar-refractivity contribution in [2.75, 3.05) is 6.26 Å². The molecule has 0 aliphatic heterocycles. The van der Waals surface area contributed by atoms with Gasteiger partial charge in [0.15, 0.2) is 0 Å². The van der Waals surface area contributed by atoms with Crippen molar-refractivity contribution in [3.05, 3.63) is 59.6 Å². The molecule has 3 rings (SSSR count). The zero-order valence-electron chi connectivity index (χ0n) is 14.6. The van der Waals surface area contributed by atoms with Gasteiger partial charge in [-0.15, -0.1) is 0 Å². The van der Waals surface area contributed by atoms with Crippen LogP contribution in [0.3, 0.4) is 0 Å². The van der Waals surface area contributed by atoms with Crippen LogP contribution in [0.2, 0.25) is 0 Å². The van der Waals surface area contributed by atoms with Crippen LogP contribution in [0.4, 0.5) is 17.6 Å². The number of amides is 1. The van der Waals surface area contributed by atoms with Gasteiger partial charge in [0.1, 0.15) is 17.2 Å². The van der Waals surface area contributed by atoms with Crippen LogP contribution in [0.5, 0.6) is 0 Å². The van der Waals surface area contributed by atoms with E-state index in [4.69, 9.17) is 0 Å². The van der Waals surface area contributed by atoms with E-state index < -0.39 is 39.3 Å². The van der Waals surface area contributed by atoms with E-state index in [1.54, 1.807) is 6.07 Å². The standard InChI is InChI=1S/C16H11F4N5O3S/c1-29(27,8-9-4-2-3-5-10(9)17)25-14(26)12-7-21-11(6-22-12)13-23-15(28-24-13)16(18,19)20/h2-7H,8H2,1H3. The Morgan fingerprint density at radius 3 is 2.52 bits per heavy atom. The number of nitrogens with zero attached hydrogens (tertiary/aromatic N) is 5. The molecule has 0 aliphatic carbocycles. The zero-order valence-corrected chi connectivity index (χ0v) is 15.4. The predicted octanol–water partition coefficient (Wildman–Crippen LogP) is 3.12. The molecule has 1 aromatic carbocycles. The molecular weight excluding hydrogens is 418 g/mol. The summed E-state index contributed by atoms with van der Waals surface area (Å²) in [5, 5.41) is 3.14. The summed E-state index contributed by atoms with van der Waals surface area (Å²) in [5.41, 5.74) is -0.351. The molecule has 0 radical (unpaired) electrons. The van der Waals surface area contributed by atoms with Gasteiger partial charge in [-0.05, 0) is 6.07 Å². The molecule has 0 fully saturated rings. The van der Waals surface area contributed by atoms with Crippen LogP contribution in [0.15, 0.2) is 45.5 Å². The lowest BCUT2D eigenvalue weighted by atomic mass is 10.2. The fourth-order valence-corrected chi connectivity index (χ4v) is 3.48. The summed E-state index contributed by atoms with van der Waals surface area (Å²) in [6, 6.07) is 5.64. The van der Waals surface area contributed by atoms with Crippen LogP contribution in [0.1, 0.15) is 21.9 Å². The summed E-state index contributed by atoms with van der Waals surface area (Å²) in [7, 11) is -3.13. The SMILES string of the molecule is CS(=O)(Cc1ccccc1F)=NC(=O)c1cnc(-c2noc(C(F)(F)F)n2)cn1. The van der Waals surface area contributed by atoms with Crippen molar-refractivity contribution in [2.24, 2.45) is 4.36 Å². The smallest absolute Gasteiger partial charge is 0.329 e. The zero-order chi connectivity index (χ0) is 21.2. The summed E-state index contributed by atoms with van der Waals surface area (Å²) in [6.07, 6.45) is -1.75. The molecule has 152 valence electrons. The highest BCUT2D eigenvalue weighted by molar-refractivity contribution is 7.92. The van der Waals surface area contributed by atoms with Crippen LogP contribution in [-0.2, 0) is 21.7 Å². The number of benzene rings is 1. The van der Waals surface area contributed by atoms with Gasteiger partial charge in [0, 0.05) is 11.8 Å². The topological polar surface area (TPSA) is 111 Å². The molecule has 1 amide bonds. The van der Waals surface area contributed by atoms with E-state index in [1.165, 1.54) is 24.5 Å². The first-order valence-electron chi connectivity index (χ1n) is 7.76. The molecule has 2 aromatic heterocycles. The molecular formula is C16H11F4N5O3S. The Balaban J connectivity index is 1.79. The van der Waals surface area contributed by atoms with Gasteiger partial charge in [0.25, 0.3) is 0 Å². The van der Waals surface area contributed by atoms with E-state index in [1.807, 2.05) is 0 Å². The molecule has 0 saturated heterocycles. The third-order valence-corrected chi connectivity index (χ3v) is 4.82. The Morgan fingerprint density at radius 1 is 1.21 bits per heavy atom. The number of alkyl halides is 3. The second-order valence-electron chi connectivity index (χ2n) is 5.80. The maximum atomic E-state index is 13.7. The maximum Gasteiger partial charge on any atom is 0.471 e. The minimum Gasteiger partial charge on any atom is -0.329 e. The highest BCUT2D eigenvalue weighted by Gasteiger charge is 2.38. The second kappa shape index (κ2) is 7.66. The molecule has 13 heteroatoms. The van der Waals surface area contributed by atoms with Gasteiger partial charge in [-0.1, -0.05) is 23.4 Å². The van der Waals surface area contributed by atoms with Gasteiger partial charge in [0.2, 0.25) is 5.82 Å². The number of hydrogen-bond acceptors (Lipinski definition) is 7.